The first-order valence-corrected chi connectivity index (χ1v) is 2.78. The van der Waals surface area contributed by atoms with Gasteiger partial charge in [0.1, 0.15) is 0 Å². The first-order chi connectivity index (χ1) is 4.68. The lowest BCUT2D eigenvalue weighted by molar-refractivity contribution is -0.163. The van der Waals surface area contributed by atoms with E-state index in [2.05, 4.69) is 4.74 Å². The average molecular weight is 147 g/mol. The summed E-state index contributed by atoms with van der Waals surface area (Å²) >= 11 is 0. The molecule has 0 rings (SSSR count). The largest absolute Gasteiger partial charge is 0.473 e. The Balaban J connectivity index is 3.31. The highest BCUT2D eigenvalue weighted by molar-refractivity contribution is 6.28. The van der Waals surface area contributed by atoms with Crippen molar-refractivity contribution < 1.29 is 19.4 Å². The minimum absolute atomic E-state index is 0.0711. The van der Waals surface area contributed by atoms with E-state index in [4.69, 9.17) is 10.8 Å². The van der Waals surface area contributed by atoms with Gasteiger partial charge in [-0.3, -0.25) is 0 Å². The molecule has 58 valence electrons. The maximum atomic E-state index is 10.2. The molecule has 0 aliphatic carbocycles. The van der Waals surface area contributed by atoms with Gasteiger partial charge in [-0.25, -0.2) is 9.59 Å². The zero-order valence-electron chi connectivity index (χ0n) is 5.37. The van der Waals surface area contributed by atoms with Crippen LogP contribution in [0.5, 0.6) is 0 Å². The van der Waals surface area contributed by atoms with Gasteiger partial charge < -0.3 is 15.6 Å². The molecule has 0 fully saturated rings. The second-order valence-corrected chi connectivity index (χ2v) is 1.58. The SMILES string of the molecule is NCCCOC(=O)C(=O)O. The molecule has 0 bridgehead atoms. The fourth-order valence-corrected chi connectivity index (χ4v) is 0.310. The summed E-state index contributed by atoms with van der Waals surface area (Å²) in [6.45, 7) is 0.453. The molecule has 0 aromatic heterocycles. The van der Waals surface area contributed by atoms with Crippen LogP contribution in [0.1, 0.15) is 6.42 Å². The summed E-state index contributed by atoms with van der Waals surface area (Å²) in [4.78, 5) is 19.9. The standard InChI is InChI=1S/C5H9NO4/c6-2-1-3-10-5(9)4(7)8/h1-3,6H2,(H,7,8). The number of rotatable bonds is 3. The van der Waals surface area contributed by atoms with Gasteiger partial charge >= 0.3 is 11.9 Å². The average Bonchev–Trinajstić information content (AvgIpc) is 1.88. The van der Waals surface area contributed by atoms with E-state index in [0.717, 1.165) is 0 Å². The van der Waals surface area contributed by atoms with Crippen LogP contribution in [0, 0.1) is 0 Å². The molecule has 5 nitrogen and oxygen atoms in total. The first kappa shape index (κ1) is 8.90. The van der Waals surface area contributed by atoms with Crippen LogP contribution in [0.2, 0.25) is 0 Å². The van der Waals surface area contributed by atoms with Gasteiger partial charge in [0.2, 0.25) is 0 Å². The van der Waals surface area contributed by atoms with Gasteiger partial charge in [0.15, 0.2) is 0 Å². The highest BCUT2D eigenvalue weighted by Crippen LogP contribution is 1.81. The Hall–Kier alpha value is -1.10. The van der Waals surface area contributed by atoms with Crippen LogP contribution < -0.4 is 5.73 Å². The number of ether oxygens (including phenoxy) is 1. The smallest absolute Gasteiger partial charge is 0.417 e. The molecular formula is C5H9NO4. The zero-order chi connectivity index (χ0) is 7.98. The fraction of sp³-hybridized carbons (Fsp3) is 0.600. The van der Waals surface area contributed by atoms with E-state index in [0.29, 0.717) is 13.0 Å². The molecule has 0 radical (unpaired) electrons. The number of carboxylic acids is 1. The molecular weight excluding hydrogens is 138 g/mol. The molecule has 0 saturated carbocycles. The van der Waals surface area contributed by atoms with Crippen molar-refractivity contribution in [3.05, 3.63) is 0 Å². The normalized spacial score (nSPS) is 8.90. The Morgan fingerprint density at radius 2 is 2.10 bits per heavy atom. The molecule has 0 aliphatic rings. The van der Waals surface area contributed by atoms with E-state index in [1.165, 1.54) is 0 Å². The Morgan fingerprint density at radius 1 is 1.50 bits per heavy atom. The van der Waals surface area contributed by atoms with Crippen molar-refractivity contribution in [2.24, 2.45) is 5.73 Å². The minimum atomic E-state index is -1.57. The molecule has 3 N–H and O–H groups in total. The van der Waals surface area contributed by atoms with Gasteiger partial charge in [0, 0.05) is 0 Å². The van der Waals surface area contributed by atoms with Crippen LogP contribution in [-0.4, -0.2) is 30.2 Å². The number of carbonyl (C=O) groups excluding carboxylic acids is 1. The molecule has 0 aromatic rings. The highest BCUT2D eigenvalue weighted by atomic mass is 16.6. The second-order valence-electron chi connectivity index (χ2n) is 1.58. The van der Waals surface area contributed by atoms with Crippen LogP contribution in [0.3, 0.4) is 0 Å². The zero-order valence-corrected chi connectivity index (χ0v) is 5.37. The molecule has 5 heteroatoms. The Bertz CT molecular complexity index is 134. The van der Waals surface area contributed by atoms with E-state index in [1.54, 1.807) is 0 Å². The van der Waals surface area contributed by atoms with Crippen LogP contribution in [0.15, 0.2) is 0 Å². The fourth-order valence-electron chi connectivity index (χ4n) is 0.310. The van der Waals surface area contributed by atoms with Crippen LogP contribution in [-0.2, 0) is 14.3 Å². The Labute approximate surface area is 57.8 Å². The highest BCUT2D eigenvalue weighted by Gasteiger charge is 2.11. The monoisotopic (exact) mass is 147 g/mol. The van der Waals surface area contributed by atoms with E-state index in [9.17, 15) is 9.59 Å². The Morgan fingerprint density at radius 3 is 2.50 bits per heavy atom. The van der Waals surface area contributed by atoms with E-state index < -0.39 is 11.9 Å². The van der Waals surface area contributed by atoms with Gasteiger partial charge in [0.25, 0.3) is 0 Å². The summed E-state index contributed by atoms with van der Waals surface area (Å²) in [6.07, 6.45) is 0.485. The lowest BCUT2D eigenvalue weighted by Crippen LogP contribution is -2.18. The lowest BCUT2D eigenvalue weighted by atomic mass is 10.5. The maximum absolute atomic E-state index is 10.2. The van der Waals surface area contributed by atoms with Crippen LogP contribution >= 0.6 is 0 Å². The molecule has 10 heavy (non-hydrogen) atoms. The lowest BCUT2D eigenvalue weighted by Gasteiger charge is -1.97. The molecule has 0 saturated heterocycles. The molecule has 0 amide bonds. The predicted molar refractivity (Wildman–Crippen MR) is 32.3 cm³/mol. The van der Waals surface area contributed by atoms with Crippen molar-refractivity contribution in [3.8, 4) is 0 Å². The Kier molecular flexibility index (Phi) is 4.23. The number of nitrogens with two attached hydrogens (primary N) is 1. The van der Waals surface area contributed by atoms with Gasteiger partial charge in [-0.15, -0.1) is 0 Å². The quantitative estimate of drug-likeness (QED) is 0.302. The molecule has 0 heterocycles. The third-order valence-corrected chi connectivity index (χ3v) is 0.756. The van der Waals surface area contributed by atoms with Crippen molar-refractivity contribution in [3.63, 3.8) is 0 Å². The molecule has 0 atom stereocenters. The van der Waals surface area contributed by atoms with Gasteiger partial charge in [0.05, 0.1) is 6.61 Å². The first-order valence-electron chi connectivity index (χ1n) is 2.78. The van der Waals surface area contributed by atoms with E-state index in [-0.39, 0.29) is 6.61 Å². The van der Waals surface area contributed by atoms with Gasteiger partial charge in [-0.05, 0) is 13.0 Å². The molecule has 0 aromatic carbocycles. The van der Waals surface area contributed by atoms with Crippen molar-refractivity contribution in [2.75, 3.05) is 13.2 Å². The van der Waals surface area contributed by atoms with Crippen molar-refractivity contribution >= 4 is 11.9 Å². The number of esters is 1. The third-order valence-electron chi connectivity index (χ3n) is 0.756. The minimum Gasteiger partial charge on any atom is -0.473 e. The number of carboxylic acid groups (broad SMARTS) is 1. The summed E-state index contributed by atoms with van der Waals surface area (Å²) in [5, 5.41) is 7.98. The second kappa shape index (κ2) is 4.75. The third kappa shape index (κ3) is 3.85. The van der Waals surface area contributed by atoms with Gasteiger partial charge in [-0.1, -0.05) is 0 Å². The molecule has 0 aliphatic heterocycles. The van der Waals surface area contributed by atoms with Crippen molar-refractivity contribution in [1.82, 2.24) is 0 Å². The van der Waals surface area contributed by atoms with Crippen molar-refractivity contribution in [1.29, 1.82) is 0 Å². The van der Waals surface area contributed by atoms with Crippen LogP contribution in [0.25, 0.3) is 0 Å². The summed E-state index contributed by atoms with van der Waals surface area (Å²) < 4.78 is 4.23. The van der Waals surface area contributed by atoms with E-state index in [1.807, 2.05) is 0 Å². The summed E-state index contributed by atoms with van der Waals surface area (Å²) in [7, 11) is 0. The molecule has 0 spiro atoms. The van der Waals surface area contributed by atoms with E-state index >= 15 is 0 Å². The number of carbonyl (C=O) groups is 2. The molecule has 0 unspecified atom stereocenters. The van der Waals surface area contributed by atoms with Crippen molar-refractivity contribution in [2.45, 2.75) is 6.42 Å². The maximum Gasteiger partial charge on any atom is 0.417 e. The summed E-state index contributed by atoms with van der Waals surface area (Å²) in [5.41, 5.74) is 5.05. The number of hydrogen-bond acceptors (Lipinski definition) is 4. The van der Waals surface area contributed by atoms with Gasteiger partial charge in [-0.2, -0.15) is 0 Å². The topological polar surface area (TPSA) is 89.6 Å². The predicted octanol–water partition coefficient (Wildman–Crippen LogP) is -1.04. The summed E-state index contributed by atoms with van der Waals surface area (Å²) in [6, 6.07) is 0. The number of hydrogen-bond donors (Lipinski definition) is 2. The number of aliphatic carboxylic acids is 1. The van der Waals surface area contributed by atoms with Crippen LogP contribution in [0.4, 0.5) is 0 Å². The summed E-state index contributed by atoms with van der Waals surface area (Å²) in [5.74, 6) is -2.80.